The van der Waals surface area contributed by atoms with E-state index in [1.165, 1.54) is 0 Å². The summed E-state index contributed by atoms with van der Waals surface area (Å²) in [5, 5.41) is 3.04. The molecule has 1 aliphatic heterocycles. The van der Waals surface area contributed by atoms with Crippen LogP contribution in [0.1, 0.15) is 39.5 Å². The van der Waals surface area contributed by atoms with Crippen LogP contribution < -0.4 is 11.1 Å². The lowest BCUT2D eigenvalue weighted by atomic mass is 9.82. The fourth-order valence-electron chi connectivity index (χ4n) is 2.39. The highest BCUT2D eigenvalue weighted by atomic mass is 16.5. The van der Waals surface area contributed by atoms with Gasteiger partial charge in [0.1, 0.15) is 0 Å². The van der Waals surface area contributed by atoms with Crippen LogP contribution in [0.15, 0.2) is 0 Å². The summed E-state index contributed by atoms with van der Waals surface area (Å²) in [6.45, 7) is 6.38. The fraction of sp³-hybridized carbons (Fsp3) is 0.923. The summed E-state index contributed by atoms with van der Waals surface area (Å²) in [5.41, 5.74) is 5.58. The van der Waals surface area contributed by atoms with Gasteiger partial charge in [0.05, 0.1) is 5.54 Å². The summed E-state index contributed by atoms with van der Waals surface area (Å²) >= 11 is 0. The van der Waals surface area contributed by atoms with Crippen LogP contribution in [0.5, 0.6) is 0 Å². The summed E-state index contributed by atoms with van der Waals surface area (Å²) < 4.78 is 5.35. The highest BCUT2D eigenvalue weighted by Crippen LogP contribution is 2.38. The molecule has 1 saturated carbocycles. The average Bonchev–Trinajstić information content (AvgIpc) is 3.11. The van der Waals surface area contributed by atoms with Gasteiger partial charge in [0.25, 0.3) is 0 Å². The predicted octanol–water partition coefficient (Wildman–Crippen LogP) is 1.05. The molecule has 0 spiro atoms. The van der Waals surface area contributed by atoms with Crippen molar-refractivity contribution in [3.05, 3.63) is 0 Å². The van der Waals surface area contributed by atoms with Crippen molar-refractivity contribution >= 4 is 5.91 Å². The monoisotopic (exact) mass is 240 g/mol. The molecule has 1 atom stereocenters. The standard InChI is InChI=1S/C13H24N2O2/c1-12(5-7-17-8-6-12)9-15-11(16)13(2,14)10-3-4-10/h10H,3-9,14H2,1-2H3,(H,15,16). The first-order chi connectivity index (χ1) is 7.94. The maximum atomic E-state index is 12.1. The molecule has 1 heterocycles. The maximum Gasteiger partial charge on any atom is 0.240 e. The highest BCUT2D eigenvalue weighted by molar-refractivity contribution is 5.86. The molecule has 0 aromatic heterocycles. The van der Waals surface area contributed by atoms with Crippen LogP contribution in [0.3, 0.4) is 0 Å². The van der Waals surface area contributed by atoms with Crippen LogP contribution in [0.25, 0.3) is 0 Å². The Labute approximate surface area is 103 Å². The lowest BCUT2D eigenvalue weighted by molar-refractivity contribution is -0.127. The molecule has 1 unspecified atom stereocenters. The van der Waals surface area contributed by atoms with E-state index < -0.39 is 5.54 Å². The van der Waals surface area contributed by atoms with Crippen LogP contribution >= 0.6 is 0 Å². The van der Waals surface area contributed by atoms with Crippen LogP contribution in [0.2, 0.25) is 0 Å². The predicted molar refractivity (Wildman–Crippen MR) is 66.5 cm³/mol. The van der Waals surface area contributed by atoms with Crippen molar-refractivity contribution in [2.24, 2.45) is 17.1 Å². The first-order valence-corrected chi connectivity index (χ1v) is 6.59. The van der Waals surface area contributed by atoms with E-state index in [-0.39, 0.29) is 11.3 Å². The molecule has 0 radical (unpaired) electrons. The quantitative estimate of drug-likeness (QED) is 0.772. The van der Waals surface area contributed by atoms with E-state index in [1.54, 1.807) is 0 Å². The topological polar surface area (TPSA) is 64.4 Å². The number of hydrogen-bond acceptors (Lipinski definition) is 3. The smallest absolute Gasteiger partial charge is 0.240 e. The van der Waals surface area contributed by atoms with E-state index in [1.807, 2.05) is 6.92 Å². The maximum absolute atomic E-state index is 12.1. The van der Waals surface area contributed by atoms with Gasteiger partial charge in [-0.1, -0.05) is 6.92 Å². The van der Waals surface area contributed by atoms with Crippen molar-refractivity contribution in [1.29, 1.82) is 0 Å². The normalized spacial score (nSPS) is 27.2. The van der Waals surface area contributed by atoms with Gasteiger partial charge in [-0.3, -0.25) is 4.79 Å². The molecular formula is C13H24N2O2. The van der Waals surface area contributed by atoms with Gasteiger partial charge in [0.2, 0.25) is 5.91 Å². The largest absolute Gasteiger partial charge is 0.381 e. The minimum absolute atomic E-state index is 0.00715. The van der Waals surface area contributed by atoms with E-state index in [9.17, 15) is 4.79 Å². The number of carbonyl (C=O) groups excluding carboxylic acids is 1. The SMILES string of the molecule is CC1(CNC(=O)C(C)(N)C2CC2)CCOCC1. The number of ether oxygens (including phenoxy) is 1. The van der Waals surface area contributed by atoms with Crippen LogP contribution in [-0.4, -0.2) is 31.2 Å². The lowest BCUT2D eigenvalue weighted by Crippen LogP contribution is -2.55. The summed E-state index contributed by atoms with van der Waals surface area (Å²) in [4.78, 5) is 12.1. The zero-order chi connectivity index (χ0) is 12.5. The molecule has 2 fully saturated rings. The van der Waals surface area contributed by atoms with E-state index in [0.29, 0.717) is 12.5 Å². The van der Waals surface area contributed by atoms with E-state index in [0.717, 1.165) is 38.9 Å². The summed E-state index contributed by atoms with van der Waals surface area (Å²) in [7, 11) is 0. The van der Waals surface area contributed by atoms with Crippen LogP contribution in [-0.2, 0) is 9.53 Å². The van der Waals surface area contributed by atoms with Crippen molar-refractivity contribution in [2.45, 2.75) is 45.1 Å². The second-order valence-corrected chi connectivity index (χ2v) is 6.16. The van der Waals surface area contributed by atoms with Crippen molar-refractivity contribution in [1.82, 2.24) is 5.32 Å². The molecule has 17 heavy (non-hydrogen) atoms. The molecule has 1 aliphatic carbocycles. The second kappa shape index (κ2) is 4.58. The summed E-state index contributed by atoms with van der Waals surface area (Å²) in [5.74, 6) is 0.387. The molecule has 4 heteroatoms. The average molecular weight is 240 g/mol. The Morgan fingerprint density at radius 3 is 2.59 bits per heavy atom. The Kier molecular flexibility index (Phi) is 3.46. The first kappa shape index (κ1) is 12.8. The molecule has 1 amide bonds. The van der Waals surface area contributed by atoms with Gasteiger partial charge in [0, 0.05) is 19.8 Å². The lowest BCUT2D eigenvalue weighted by Gasteiger charge is -2.35. The van der Waals surface area contributed by atoms with Crippen LogP contribution in [0.4, 0.5) is 0 Å². The number of amides is 1. The van der Waals surface area contributed by atoms with Crippen LogP contribution in [0, 0.1) is 11.3 Å². The first-order valence-electron chi connectivity index (χ1n) is 6.59. The van der Waals surface area contributed by atoms with Gasteiger partial charge in [-0.2, -0.15) is 0 Å². The molecule has 0 aromatic carbocycles. The Balaban J connectivity index is 1.82. The van der Waals surface area contributed by atoms with E-state index in [4.69, 9.17) is 10.5 Å². The van der Waals surface area contributed by atoms with Gasteiger partial charge in [0.15, 0.2) is 0 Å². The molecule has 1 saturated heterocycles. The second-order valence-electron chi connectivity index (χ2n) is 6.16. The van der Waals surface area contributed by atoms with Gasteiger partial charge in [-0.15, -0.1) is 0 Å². The van der Waals surface area contributed by atoms with Crippen molar-refractivity contribution in [3.63, 3.8) is 0 Å². The summed E-state index contributed by atoms with van der Waals surface area (Å²) in [6.07, 6.45) is 4.20. The van der Waals surface area contributed by atoms with Gasteiger partial charge < -0.3 is 15.8 Å². The number of nitrogens with one attached hydrogen (secondary N) is 1. The molecule has 4 nitrogen and oxygen atoms in total. The molecule has 2 aliphatic rings. The Bertz CT molecular complexity index is 292. The number of nitrogens with two attached hydrogens (primary N) is 1. The zero-order valence-electron chi connectivity index (χ0n) is 10.9. The minimum Gasteiger partial charge on any atom is -0.381 e. The van der Waals surface area contributed by atoms with Gasteiger partial charge >= 0.3 is 0 Å². The summed E-state index contributed by atoms with van der Waals surface area (Å²) in [6, 6.07) is 0. The molecule has 0 bridgehead atoms. The number of carbonyl (C=O) groups is 1. The molecule has 3 N–H and O–H groups in total. The third-order valence-corrected chi connectivity index (χ3v) is 4.29. The molecule has 0 aromatic rings. The highest BCUT2D eigenvalue weighted by Gasteiger charge is 2.44. The Morgan fingerprint density at radius 1 is 1.47 bits per heavy atom. The third-order valence-electron chi connectivity index (χ3n) is 4.29. The van der Waals surface area contributed by atoms with Gasteiger partial charge in [-0.25, -0.2) is 0 Å². The minimum atomic E-state index is -0.679. The van der Waals surface area contributed by atoms with Crippen molar-refractivity contribution in [3.8, 4) is 0 Å². The van der Waals surface area contributed by atoms with Gasteiger partial charge in [-0.05, 0) is 43.9 Å². The number of rotatable bonds is 4. The zero-order valence-corrected chi connectivity index (χ0v) is 10.9. The molecular weight excluding hydrogens is 216 g/mol. The third kappa shape index (κ3) is 2.99. The fourth-order valence-corrected chi connectivity index (χ4v) is 2.39. The van der Waals surface area contributed by atoms with Crippen molar-refractivity contribution in [2.75, 3.05) is 19.8 Å². The Morgan fingerprint density at radius 2 is 2.06 bits per heavy atom. The number of hydrogen-bond donors (Lipinski definition) is 2. The van der Waals surface area contributed by atoms with Crippen molar-refractivity contribution < 1.29 is 9.53 Å². The Hall–Kier alpha value is -0.610. The molecule has 98 valence electrons. The molecule has 2 rings (SSSR count). The van der Waals surface area contributed by atoms with E-state index in [2.05, 4.69) is 12.2 Å². The van der Waals surface area contributed by atoms with E-state index >= 15 is 0 Å².